The van der Waals surface area contributed by atoms with Crippen molar-refractivity contribution < 1.29 is 53.4 Å². The average molecular weight is 415 g/mol. The lowest BCUT2D eigenvalue weighted by atomic mass is 9.92. The Morgan fingerprint density at radius 3 is 1.81 bits per heavy atom. The Morgan fingerprint density at radius 2 is 1.37 bits per heavy atom. The Bertz CT molecular complexity index is 721. The maximum Gasteiger partial charge on any atom is 0.460 e. The van der Waals surface area contributed by atoms with E-state index >= 15 is 0 Å². The van der Waals surface area contributed by atoms with E-state index in [1.165, 1.54) is 6.07 Å². The summed E-state index contributed by atoms with van der Waals surface area (Å²) >= 11 is 0. The molecule has 0 aliphatic rings. The van der Waals surface area contributed by atoms with E-state index in [2.05, 4.69) is 0 Å². The van der Waals surface area contributed by atoms with Crippen molar-refractivity contribution in [1.29, 1.82) is 5.26 Å². The molecule has 0 aromatic heterocycles. The van der Waals surface area contributed by atoms with E-state index in [1.54, 1.807) is 0 Å². The SMILES string of the molecule is N#Cc1cccc(C(O)CC(F)(F)C(F)(F)C(F)(F)C(F)(F)C(F)(F)F)c1. The van der Waals surface area contributed by atoms with E-state index < -0.39 is 48.0 Å². The van der Waals surface area contributed by atoms with Gasteiger partial charge in [0, 0.05) is 6.42 Å². The molecule has 0 saturated heterocycles. The van der Waals surface area contributed by atoms with Crippen molar-refractivity contribution in [2.24, 2.45) is 0 Å². The molecule has 0 amide bonds. The first-order chi connectivity index (χ1) is 11.9. The van der Waals surface area contributed by atoms with Crippen LogP contribution in [0, 0.1) is 11.3 Å². The highest BCUT2D eigenvalue weighted by Gasteiger charge is 2.87. The summed E-state index contributed by atoms with van der Waals surface area (Å²) in [6, 6.07) is 5.11. The fourth-order valence-corrected chi connectivity index (χ4v) is 1.91. The van der Waals surface area contributed by atoms with Gasteiger partial charge in [-0.05, 0) is 17.7 Å². The highest BCUT2D eigenvalue weighted by molar-refractivity contribution is 5.33. The third-order valence-corrected chi connectivity index (χ3v) is 3.45. The van der Waals surface area contributed by atoms with Gasteiger partial charge in [-0.1, -0.05) is 12.1 Å². The summed E-state index contributed by atoms with van der Waals surface area (Å²) in [5, 5.41) is 18.1. The number of nitriles is 1. The molecule has 1 unspecified atom stereocenters. The molecule has 0 aliphatic heterocycles. The van der Waals surface area contributed by atoms with Gasteiger partial charge in [0.1, 0.15) is 0 Å². The van der Waals surface area contributed by atoms with Crippen LogP contribution in [0.15, 0.2) is 24.3 Å². The molecule has 0 fully saturated rings. The molecule has 0 bridgehead atoms. The highest BCUT2D eigenvalue weighted by Crippen LogP contribution is 2.58. The van der Waals surface area contributed by atoms with Crippen LogP contribution >= 0.6 is 0 Å². The zero-order chi connectivity index (χ0) is 21.5. The van der Waals surface area contributed by atoms with E-state index in [0.29, 0.717) is 6.07 Å². The molecular weight excluding hydrogens is 407 g/mol. The normalized spacial score (nSPS) is 15.4. The number of rotatable bonds is 6. The van der Waals surface area contributed by atoms with Gasteiger partial charge < -0.3 is 5.11 Å². The summed E-state index contributed by atoms with van der Waals surface area (Å²) in [6.45, 7) is 0. The van der Waals surface area contributed by atoms with Crippen molar-refractivity contribution in [1.82, 2.24) is 0 Å². The third-order valence-electron chi connectivity index (χ3n) is 3.45. The Labute approximate surface area is 143 Å². The molecule has 0 saturated carbocycles. The average Bonchev–Trinajstić information content (AvgIpc) is 2.52. The zero-order valence-corrected chi connectivity index (χ0v) is 12.6. The van der Waals surface area contributed by atoms with Crippen LogP contribution in [0.25, 0.3) is 0 Å². The second kappa shape index (κ2) is 6.81. The Kier molecular flexibility index (Phi) is 5.79. The maximum absolute atomic E-state index is 13.6. The molecule has 1 aromatic carbocycles. The van der Waals surface area contributed by atoms with Gasteiger partial charge in [-0.25, -0.2) is 0 Å². The molecule has 1 atom stereocenters. The fourth-order valence-electron chi connectivity index (χ4n) is 1.91. The van der Waals surface area contributed by atoms with E-state index in [4.69, 9.17) is 5.26 Å². The second-order valence-electron chi connectivity index (χ2n) is 5.38. The van der Waals surface area contributed by atoms with Gasteiger partial charge in [-0.15, -0.1) is 0 Å². The van der Waals surface area contributed by atoms with Crippen molar-refractivity contribution in [3.05, 3.63) is 35.4 Å². The minimum atomic E-state index is -7.52. The largest absolute Gasteiger partial charge is 0.460 e. The van der Waals surface area contributed by atoms with Crippen LogP contribution in [0.5, 0.6) is 0 Å². The van der Waals surface area contributed by atoms with E-state index in [1.807, 2.05) is 0 Å². The first kappa shape index (κ1) is 22.9. The van der Waals surface area contributed by atoms with Crippen molar-refractivity contribution in [2.75, 3.05) is 0 Å². The lowest BCUT2D eigenvalue weighted by Gasteiger charge is -2.37. The molecule has 0 radical (unpaired) electrons. The Balaban J connectivity index is 3.25. The summed E-state index contributed by atoms with van der Waals surface area (Å²) in [4.78, 5) is 0. The quantitative estimate of drug-likeness (QED) is 0.659. The van der Waals surface area contributed by atoms with Crippen LogP contribution in [-0.2, 0) is 0 Å². The Morgan fingerprint density at radius 1 is 0.852 bits per heavy atom. The first-order valence-electron chi connectivity index (χ1n) is 6.68. The molecule has 0 spiro atoms. The summed E-state index contributed by atoms with van der Waals surface area (Å²) in [5.74, 6) is -28.3. The van der Waals surface area contributed by atoms with Crippen LogP contribution in [-0.4, -0.2) is 35.0 Å². The number of aliphatic hydroxyl groups is 1. The van der Waals surface area contributed by atoms with E-state index in [-0.39, 0.29) is 5.56 Å². The van der Waals surface area contributed by atoms with Crippen LogP contribution in [0.2, 0.25) is 0 Å². The van der Waals surface area contributed by atoms with Gasteiger partial charge in [0.15, 0.2) is 0 Å². The number of alkyl halides is 11. The van der Waals surface area contributed by atoms with Crippen LogP contribution in [0.3, 0.4) is 0 Å². The van der Waals surface area contributed by atoms with E-state index in [0.717, 1.165) is 18.2 Å². The number of halogens is 11. The van der Waals surface area contributed by atoms with Crippen molar-refractivity contribution in [2.45, 2.75) is 42.4 Å². The molecule has 2 nitrogen and oxygen atoms in total. The molecule has 0 heterocycles. The molecule has 27 heavy (non-hydrogen) atoms. The predicted octanol–water partition coefficient (Wildman–Crippen LogP) is 5.09. The summed E-state index contributed by atoms with van der Waals surface area (Å²) in [7, 11) is 0. The minimum Gasteiger partial charge on any atom is -0.388 e. The molecule has 1 N–H and O–H groups in total. The van der Waals surface area contributed by atoms with Crippen molar-refractivity contribution in [3.8, 4) is 6.07 Å². The van der Waals surface area contributed by atoms with Crippen LogP contribution < -0.4 is 0 Å². The molecule has 1 rings (SSSR count). The van der Waals surface area contributed by atoms with Gasteiger partial charge in [0.25, 0.3) is 0 Å². The van der Waals surface area contributed by atoms with Gasteiger partial charge >= 0.3 is 29.9 Å². The minimum absolute atomic E-state index is 0.254. The zero-order valence-electron chi connectivity index (χ0n) is 12.6. The number of aliphatic hydroxyl groups excluding tert-OH is 1. The smallest absolute Gasteiger partial charge is 0.388 e. The first-order valence-corrected chi connectivity index (χ1v) is 6.68. The summed E-state index contributed by atoms with van der Waals surface area (Å²) in [6.07, 6.45) is -12.5. The Hall–Kier alpha value is -2.10. The topological polar surface area (TPSA) is 44.0 Å². The molecule has 0 aliphatic carbocycles. The highest BCUT2D eigenvalue weighted by atomic mass is 19.4. The van der Waals surface area contributed by atoms with Crippen molar-refractivity contribution >= 4 is 0 Å². The van der Waals surface area contributed by atoms with Gasteiger partial charge in [-0.3, -0.25) is 0 Å². The number of hydrogen-bond acceptors (Lipinski definition) is 2. The predicted molar refractivity (Wildman–Crippen MR) is 66.6 cm³/mol. The maximum atomic E-state index is 13.6. The standard InChI is InChI=1S/C14H8F11NO/c15-10(16,5-9(27)8-3-1-2-7(4-8)6-26)11(17,18)12(19,20)13(21,22)14(23,24)25/h1-4,9,27H,5H2. The van der Waals surface area contributed by atoms with Gasteiger partial charge in [0.05, 0.1) is 17.7 Å². The number of nitrogens with zero attached hydrogens (tertiary/aromatic N) is 1. The molecule has 1 aromatic rings. The lowest BCUT2D eigenvalue weighted by molar-refractivity contribution is -0.423. The number of hydrogen-bond donors (Lipinski definition) is 1. The molecule has 152 valence electrons. The monoisotopic (exact) mass is 415 g/mol. The second-order valence-corrected chi connectivity index (χ2v) is 5.38. The molecule has 13 heteroatoms. The fraction of sp³-hybridized carbons (Fsp3) is 0.500. The van der Waals surface area contributed by atoms with Crippen LogP contribution in [0.4, 0.5) is 48.3 Å². The summed E-state index contributed by atoms with van der Waals surface area (Å²) in [5.41, 5.74) is -0.897. The van der Waals surface area contributed by atoms with Gasteiger partial charge in [-0.2, -0.15) is 53.6 Å². The molecular formula is C14H8F11NO. The van der Waals surface area contributed by atoms with Crippen molar-refractivity contribution in [3.63, 3.8) is 0 Å². The third kappa shape index (κ3) is 3.80. The number of benzene rings is 1. The van der Waals surface area contributed by atoms with Crippen LogP contribution in [0.1, 0.15) is 23.7 Å². The van der Waals surface area contributed by atoms with E-state index in [9.17, 15) is 53.4 Å². The lowest BCUT2D eigenvalue weighted by Crippen LogP contribution is -2.66. The van der Waals surface area contributed by atoms with Gasteiger partial charge in [0.2, 0.25) is 0 Å². The summed E-state index contributed by atoms with van der Waals surface area (Å²) < 4.78 is 141.